The Balaban J connectivity index is 0.00000256. The number of aromatic nitrogens is 2. The minimum absolute atomic E-state index is 0. The van der Waals surface area contributed by atoms with Crippen LogP contribution in [-0.4, -0.2) is 29.4 Å². The van der Waals surface area contributed by atoms with Gasteiger partial charge in [0.05, 0.1) is 24.9 Å². The number of ether oxygens (including phenoxy) is 1. The van der Waals surface area contributed by atoms with Crippen molar-refractivity contribution in [1.82, 2.24) is 20.4 Å². The monoisotopic (exact) mass is 523 g/mol. The third kappa shape index (κ3) is 6.36. The lowest BCUT2D eigenvalue weighted by Gasteiger charge is -2.15. The number of nitrogens with zero attached hydrogens (tertiary/aromatic N) is 3. The molecule has 0 aliphatic heterocycles. The van der Waals surface area contributed by atoms with Gasteiger partial charge in [0.15, 0.2) is 5.96 Å². The molecule has 2 aromatic rings. The number of nitrogens with one attached hydrogen (secondary N) is 2. The van der Waals surface area contributed by atoms with Crippen LogP contribution < -0.4 is 15.4 Å². The molecule has 2 aliphatic carbocycles. The van der Waals surface area contributed by atoms with Crippen molar-refractivity contribution in [2.45, 2.75) is 64.6 Å². The van der Waals surface area contributed by atoms with Crippen molar-refractivity contribution in [1.29, 1.82) is 0 Å². The molecule has 0 amide bonds. The van der Waals surface area contributed by atoms with E-state index in [0.29, 0.717) is 19.1 Å². The Morgan fingerprint density at radius 3 is 2.63 bits per heavy atom. The molecular weight excluding hydrogens is 489 g/mol. The maximum absolute atomic E-state index is 6.08. The Hall–Kier alpha value is -1.77. The highest BCUT2D eigenvalue weighted by molar-refractivity contribution is 14.0. The standard InChI is InChI=1S/C23H33N5O.HI/c1-17-7-10-19(22(13-17)29-16-18-8-9-18)14-25-23(24-2)26-15-20-11-12-28(27-20)21-5-3-4-6-21;/h7,10-13,18,21H,3-6,8-9,14-16H2,1-2H3,(H2,24,25,26);1H. The Kier molecular flexibility index (Phi) is 8.41. The van der Waals surface area contributed by atoms with Crippen molar-refractivity contribution in [3.05, 3.63) is 47.3 Å². The van der Waals surface area contributed by atoms with Gasteiger partial charge in [-0.25, -0.2) is 0 Å². The third-order valence-corrected chi connectivity index (χ3v) is 5.86. The fraction of sp³-hybridized carbons (Fsp3) is 0.565. The zero-order valence-corrected chi connectivity index (χ0v) is 20.4. The number of benzene rings is 1. The van der Waals surface area contributed by atoms with Gasteiger partial charge in [-0.05, 0) is 56.2 Å². The molecule has 2 N–H and O–H groups in total. The summed E-state index contributed by atoms with van der Waals surface area (Å²) in [7, 11) is 1.80. The van der Waals surface area contributed by atoms with E-state index in [1.54, 1.807) is 7.05 Å². The summed E-state index contributed by atoms with van der Waals surface area (Å²) in [5, 5.41) is 11.5. The lowest BCUT2D eigenvalue weighted by Crippen LogP contribution is -2.36. The molecule has 0 atom stereocenters. The topological polar surface area (TPSA) is 63.5 Å². The smallest absolute Gasteiger partial charge is 0.191 e. The molecule has 0 bridgehead atoms. The fourth-order valence-electron chi connectivity index (χ4n) is 3.85. The van der Waals surface area contributed by atoms with Crippen LogP contribution in [0.25, 0.3) is 0 Å². The molecule has 30 heavy (non-hydrogen) atoms. The summed E-state index contributed by atoms with van der Waals surface area (Å²) < 4.78 is 8.21. The molecule has 1 aromatic heterocycles. The third-order valence-electron chi connectivity index (χ3n) is 5.86. The lowest BCUT2D eigenvalue weighted by atomic mass is 10.1. The molecule has 1 aromatic carbocycles. The van der Waals surface area contributed by atoms with Crippen LogP contribution in [0.3, 0.4) is 0 Å². The van der Waals surface area contributed by atoms with E-state index in [9.17, 15) is 0 Å². The molecule has 0 radical (unpaired) electrons. The largest absolute Gasteiger partial charge is 0.493 e. The molecule has 0 unspecified atom stereocenters. The second-order valence-electron chi connectivity index (χ2n) is 8.37. The summed E-state index contributed by atoms with van der Waals surface area (Å²) >= 11 is 0. The summed E-state index contributed by atoms with van der Waals surface area (Å²) in [5.74, 6) is 2.50. The summed E-state index contributed by atoms with van der Waals surface area (Å²) in [6.45, 7) is 4.27. The van der Waals surface area contributed by atoms with Gasteiger partial charge in [0.25, 0.3) is 0 Å². The number of hydrogen-bond donors (Lipinski definition) is 2. The van der Waals surface area contributed by atoms with E-state index in [-0.39, 0.29) is 24.0 Å². The number of aryl methyl sites for hydroxylation is 1. The van der Waals surface area contributed by atoms with Crippen molar-refractivity contribution >= 4 is 29.9 Å². The van der Waals surface area contributed by atoms with Crippen molar-refractivity contribution < 1.29 is 4.74 Å². The highest BCUT2D eigenvalue weighted by Crippen LogP contribution is 2.31. The highest BCUT2D eigenvalue weighted by atomic mass is 127. The molecule has 0 spiro atoms. The number of aliphatic imine (C=N–C) groups is 1. The Morgan fingerprint density at radius 2 is 1.90 bits per heavy atom. The van der Waals surface area contributed by atoms with E-state index in [0.717, 1.165) is 35.5 Å². The van der Waals surface area contributed by atoms with Gasteiger partial charge in [0.2, 0.25) is 0 Å². The van der Waals surface area contributed by atoms with Crippen LogP contribution in [-0.2, 0) is 13.1 Å². The van der Waals surface area contributed by atoms with Crippen LogP contribution in [0.1, 0.15) is 61.4 Å². The Labute approximate surface area is 196 Å². The van der Waals surface area contributed by atoms with Gasteiger partial charge in [0.1, 0.15) is 5.75 Å². The average molecular weight is 523 g/mol. The first kappa shape index (κ1) is 22.9. The molecule has 0 saturated heterocycles. The number of guanidine groups is 1. The SMILES string of the molecule is CN=C(NCc1ccn(C2CCCC2)n1)NCc1ccc(C)cc1OCC1CC1.I. The lowest BCUT2D eigenvalue weighted by molar-refractivity contribution is 0.296. The van der Waals surface area contributed by atoms with Gasteiger partial charge >= 0.3 is 0 Å². The van der Waals surface area contributed by atoms with Crippen LogP contribution in [0.2, 0.25) is 0 Å². The van der Waals surface area contributed by atoms with E-state index in [1.165, 1.54) is 44.1 Å². The second-order valence-corrected chi connectivity index (χ2v) is 8.37. The fourth-order valence-corrected chi connectivity index (χ4v) is 3.85. The zero-order valence-electron chi connectivity index (χ0n) is 18.1. The molecule has 2 fully saturated rings. The molecule has 2 saturated carbocycles. The molecule has 164 valence electrons. The molecule has 2 aliphatic rings. The van der Waals surface area contributed by atoms with Crippen LogP contribution in [0.15, 0.2) is 35.5 Å². The predicted molar refractivity (Wildman–Crippen MR) is 132 cm³/mol. The summed E-state index contributed by atoms with van der Waals surface area (Å²) in [4.78, 5) is 4.35. The second kappa shape index (κ2) is 11.0. The maximum Gasteiger partial charge on any atom is 0.191 e. The maximum atomic E-state index is 6.08. The van der Waals surface area contributed by atoms with Crippen molar-refractivity contribution in [2.75, 3.05) is 13.7 Å². The molecular formula is C23H34IN5O. The molecule has 7 heteroatoms. The van der Waals surface area contributed by atoms with Gasteiger partial charge in [0, 0.05) is 25.4 Å². The van der Waals surface area contributed by atoms with Crippen LogP contribution >= 0.6 is 24.0 Å². The van der Waals surface area contributed by atoms with E-state index >= 15 is 0 Å². The highest BCUT2D eigenvalue weighted by Gasteiger charge is 2.22. The average Bonchev–Trinajstić information content (AvgIpc) is 3.18. The molecule has 1 heterocycles. The van der Waals surface area contributed by atoms with Crippen LogP contribution in [0.5, 0.6) is 5.75 Å². The van der Waals surface area contributed by atoms with Crippen LogP contribution in [0, 0.1) is 12.8 Å². The first-order valence-corrected chi connectivity index (χ1v) is 10.9. The van der Waals surface area contributed by atoms with E-state index in [2.05, 4.69) is 57.7 Å². The van der Waals surface area contributed by atoms with Crippen molar-refractivity contribution in [3.8, 4) is 5.75 Å². The Morgan fingerprint density at radius 1 is 1.13 bits per heavy atom. The minimum atomic E-state index is 0. The summed E-state index contributed by atoms with van der Waals surface area (Å²) in [6.07, 6.45) is 9.84. The van der Waals surface area contributed by atoms with E-state index < -0.39 is 0 Å². The zero-order chi connectivity index (χ0) is 20.1. The predicted octanol–water partition coefficient (Wildman–Crippen LogP) is 4.58. The first-order valence-electron chi connectivity index (χ1n) is 10.9. The van der Waals surface area contributed by atoms with Crippen LogP contribution in [0.4, 0.5) is 0 Å². The first-order chi connectivity index (χ1) is 14.2. The van der Waals surface area contributed by atoms with Gasteiger partial charge in [-0.2, -0.15) is 5.10 Å². The van der Waals surface area contributed by atoms with Gasteiger partial charge < -0.3 is 15.4 Å². The minimum Gasteiger partial charge on any atom is -0.493 e. The van der Waals surface area contributed by atoms with Gasteiger partial charge in [-0.15, -0.1) is 24.0 Å². The quantitative estimate of drug-likeness (QED) is 0.302. The molecule has 4 rings (SSSR count). The molecule has 6 nitrogen and oxygen atoms in total. The number of halogens is 1. The normalized spacial score (nSPS) is 16.9. The number of hydrogen-bond acceptors (Lipinski definition) is 3. The van der Waals surface area contributed by atoms with Crippen molar-refractivity contribution in [3.63, 3.8) is 0 Å². The van der Waals surface area contributed by atoms with E-state index in [1.807, 2.05) is 0 Å². The van der Waals surface area contributed by atoms with E-state index in [4.69, 9.17) is 9.84 Å². The summed E-state index contributed by atoms with van der Waals surface area (Å²) in [6, 6.07) is 9.08. The summed E-state index contributed by atoms with van der Waals surface area (Å²) in [5.41, 5.74) is 3.42. The number of rotatable bonds is 8. The van der Waals surface area contributed by atoms with Gasteiger partial charge in [-0.1, -0.05) is 25.0 Å². The Bertz CT molecular complexity index is 840. The van der Waals surface area contributed by atoms with Crippen molar-refractivity contribution in [2.24, 2.45) is 10.9 Å². The van der Waals surface area contributed by atoms with Gasteiger partial charge in [-0.3, -0.25) is 9.67 Å².